The lowest BCUT2D eigenvalue weighted by Crippen LogP contribution is -2.47. The number of anilines is 2. The molecule has 1 saturated heterocycles. The van der Waals surface area contributed by atoms with Crippen molar-refractivity contribution < 1.29 is 4.79 Å². The summed E-state index contributed by atoms with van der Waals surface area (Å²) in [5, 5.41) is 0. The predicted molar refractivity (Wildman–Crippen MR) is 109 cm³/mol. The van der Waals surface area contributed by atoms with Crippen molar-refractivity contribution in [3.8, 4) is 0 Å². The molecule has 1 aliphatic rings. The fourth-order valence-corrected chi connectivity index (χ4v) is 3.44. The maximum atomic E-state index is 12.7. The van der Waals surface area contributed by atoms with Gasteiger partial charge in [-0.3, -0.25) is 4.79 Å². The van der Waals surface area contributed by atoms with Crippen molar-refractivity contribution >= 4 is 17.5 Å². The number of carbonyl (C=O) groups excluding carboxylic acids is 1. The molecule has 1 amide bonds. The summed E-state index contributed by atoms with van der Waals surface area (Å²) in [6.07, 6.45) is 5.50. The largest absolute Gasteiger partial charge is 0.353 e. The summed E-state index contributed by atoms with van der Waals surface area (Å²) in [5.74, 6) is 2.04. The quantitative estimate of drug-likeness (QED) is 0.753. The Morgan fingerprint density at radius 2 is 1.56 bits per heavy atom. The number of piperazine rings is 1. The summed E-state index contributed by atoms with van der Waals surface area (Å²) in [4.78, 5) is 28.1. The number of nitrogens with zero attached hydrogens (tertiary/aromatic N) is 5. The van der Waals surface area contributed by atoms with E-state index >= 15 is 0 Å². The van der Waals surface area contributed by atoms with Gasteiger partial charge in [0.2, 0.25) is 0 Å². The lowest BCUT2D eigenvalue weighted by atomic mass is 10.2. The molecular formula is C21H29N5O. The van der Waals surface area contributed by atoms with Crippen molar-refractivity contribution in [1.82, 2.24) is 14.9 Å². The molecule has 6 heteroatoms. The minimum atomic E-state index is 0.0812. The van der Waals surface area contributed by atoms with Crippen molar-refractivity contribution in [1.29, 1.82) is 0 Å². The van der Waals surface area contributed by atoms with E-state index in [0.717, 1.165) is 63.7 Å². The van der Waals surface area contributed by atoms with E-state index in [0.29, 0.717) is 5.56 Å². The first kappa shape index (κ1) is 19.1. The van der Waals surface area contributed by atoms with E-state index in [-0.39, 0.29) is 5.91 Å². The van der Waals surface area contributed by atoms with Gasteiger partial charge in [0.25, 0.3) is 5.91 Å². The van der Waals surface area contributed by atoms with Gasteiger partial charge in [-0.25, -0.2) is 9.97 Å². The van der Waals surface area contributed by atoms with E-state index in [1.807, 2.05) is 41.4 Å². The molecule has 0 N–H and O–H groups in total. The first-order chi connectivity index (χ1) is 13.2. The Bertz CT molecular complexity index is 705. The van der Waals surface area contributed by atoms with E-state index < -0.39 is 0 Å². The zero-order chi connectivity index (χ0) is 19.1. The van der Waals surface area contributed by atoms with E-state index in [1.165, 1.54) is 0 Å². The van der Waals surface area contributed by atoms with Crippen LogP contribution in [0.15, 0.2) is 42.7 Å². The van der Waals surface area contributed by atoms with Crippen molar-refractivity contribution in [2.45, 2.75) is 26.7 Å². The molecule has 0 aliphatic carbocycles. The summed E-state index contributed by atoms with van der Waals surface area (Å²) in [5.41, 5.74) is 0.674. The van der Waals surface area contributed by atoms with Gasteiger partial charge in [0.1, 0.15) is 11.6 Å². The van der Waals surface area contributed by atoms with Gasteiger partial charge in [0.15, 0.2) is 0 Å². The van der Waals surface area contributed by atoms with Crippen LogP contribution < -0.4 is 9.80 Å². The van der Waals surface area contributed by atoms with Crippen molar-refractivity contribution in [2.24, 2.45) is 0 Å². The molecule has 0 radical (unpaired) electrons. The molecule has 0 atom stereocenters. The van der Waals surface area contributed by atoms with Gasteiger partial charge in [0, 0.05) is 51.7 Å². The molecule has 3 heterocycles. The number of hydrogen-bond acceptors (Lipinski definition) is 5. The number of pyridine rings is 2. The van der Waals surface area contributed by atoms with Crippen LogP contribution in [0.2, 0.25) is 0 Å². The van der Waals surface area contributed by atoms with E-state index in [1.54, 1.807) is 6.20 Å². The molecule has 27 heavy (non-hydrogen) atoms. The third-order valence-corrected chi connectivity index (χ3v) is 4.85. The highest BCUT2D eigenvalue weighted by Gasteiger charge is 2.20. The smallest absolute Gasteiger partial charge is 0.255 e. The minimum absolute atomic E-state index is 0.0812. The average Bonchev–Trinajstić information content (AvgIpc) is 2.74. The zero-order valence-corrected chi connectivity index (χ0v) is 16.3. The molecule has 2 aromatic heterocycles. The van der Waals surface area contributed by atoms with Crippen LogP contribution in [-0.2, 0) is 0 Å². The maximum absolute atomic E-state index is 12.7. The van der Waals surface area contributed by atoms with Gasteiger partial charge in [-0.15, -0.1) is 0 Å². The highest BCUT2D eigenvalue weighted by molar-refractivity contribution is 5.94. The molecule has 144 valence electrons. The lowest BCUT2D eigenvalue weighted by molar-refractivity contribution is 0.0755. The van der Waals surface area contributed by atoms with Crippen LogP contribution in [0.4, 0.5) is 11.6 Å². The maximum Gasteiger partial charge on any atom is 0.255 e. The Hall–Kier alpha value is -2.63. The Morgan fingerprint density at radius 1 is 0.926 bits per heavy atom. The van der Waals surface area contributed by atoms with Gasteiger partial charge in [-0.1, -0.05) is 19.9 Å². The summed E-state index contributed by atoms with van der Waals surface area (Å²) < 4.78 is 0. The summed E-state index contributed by atoms with van der Waals surface area (Å²) >= 11 is 0. The molecule has 0 aromatic carbocycles. The van der Waals surface area contributed by atoms with Gasteiger partial charge in [-0.05, 0) is 37.1 Å². The summed E-state index contributed by atoms with van der Waals surface area (Å²) in [6.45, 7) is 9.42. The monoisotopic (exact) mass is 367 g/mol. The summed E-state index contributed by atoms with van der Waals surface area (Å²) in [6, 6.07) is 9.89. The van der Waals surface area contributed by atoms with Crippen LogP contribution in [0.1, 0.15) is 37.0 Å². The second-order valence-electron chi connectivity index (χ2n) is 6.86. The molecule has 0 unspecified atom stereocenters. The third-order valence-electron chi connectivity index (χ3n) is 4.85. The summed E-state index contributed by atoms with van der Waals surface area (Å²) in [7, 11) is 0. The predicted octanol–water partition coefficient (Wildman–Crippen LogP) is 3.07. The van der Waals surface area contributed by atoms with Gasteiger partial charge >= 0.3 is 0 Å². The Kier molecular flexibility index (Phi) is 6.63. The standard InChI is InChI=1S/C21H29N5O/c1-3-11-26(12-4-2)21(27)18-8-9-20(23-17-18)25-15-13-24(14-16-25)19-7-5-6-10-22-19/h5-10,17H,3-4,11-16H2,1-2H3. The van der Waals surface area contributed by atoms with Crippen LogP contribution in [0, 0.1) is 0 Å². The molecule has 1 aliphatic heterocycles. The van der Waals surface area contributed by atoms with E-state index in [4.69, 9.17) is 0 Å². The molecule has 1 fully saturated rings. The molecular weight excluding hydrogens is 338 g/mol. The van der Waals surface area contributed by atoms with Crippen molar-refractivity contribution in [2.75, 3.05) is 49.1 Å². The Morgan fingerprint density at radius 3 is 2.04 bits per heavy atom. The number of amides is 1. The zero-order valence-electron chi connectivity index (χ0n) is 16.3. The van der Waals surface area contributed by atoms with Crippen molar-refractivity contribution in [3.63, 3.8) is 0 Å². The van der Waals surface area contributed by atoms with Gasteiger partial charge < -0.3 is 14.7 Å². The van der Waals surface area contributed by atoms with Crippen molar-refractivity contribution in [3.05, 3.63) is 48.3 Å². The Labute approximate surface area is 161 Å². The van der Waals surface area contributed by atoms with E-state index in [2.05, 4.69) is 33.6 Å². The lowest BCUT2D eigenvalue weighted by Gasteiger charge is -2.36. The SMILES string of the molecule is CCCN(CCC)C(=O)c1ccc(N2CCN(c3ccccn3)CC2)nc1. The average molecular weight is 367 g/mol. The number of carbonyl (C=O) groups is 1. The highest BCUT2D eigenvalue weighted by Crippen LogP contribution is 2.18. The van der Waals surface area contributed by atoms with Gasteiger partial charge in [-0.2, -0.15) is 0 Å². The second-order valence-corrected chi connectivity index (χ2v) is 6.86. The molecule has 2 aromatic rings. The highest BCUT2D eigenvalue weighted by atomic mass is 16.2. The molecule has 0 saturated carbocycles. The van der Waals surface area contributed by atoms with E-state index in [9.17, 15) is 4.79 Å². The topological polar surface area (TPSA) is 52.6 Å². The minimum Gasteiger partial charge on any atom is -0.353 e. The number of hydrogen-bond donors (Lipinski definition) is 0. The fourth-order valence-electron chi connectivity index (χ4n) is 3.44. The second kappa shape index (κ2) is 9.35. The molecule has 6 nitrogen and oxygen atoms in total. The molecule has 0 bridgehead atoms. The fraction of sp³-hybridized carbons (Fsp3) is 0.476. The van der Waals surface area contributed by atoms with Crippen LogP contribution >= 0.6 is 0 Å². The van der Waals surface area contributed by atoms with Crippen LogP contribution in [0.25, 0.3) is 0 Å². The number of rotatable bonds is 7. The normalized spacial score (nSPS) is 14.3. The molecule has 0 spiro atoms. The Balaban J connectivity index is 1.60. The van der Waals surface area contributed by atoms with Gasteiger partial charge in [0.05, 0.1) is 5.56 Å². The first-order valence-electron chi connectivity index (χ1n) is 9.89. The number of aromatic nitrogens is 2. The van der Waals surface area contributed by atoms with Crippen LogP contribution in [0.3, 0.4) is 0 Å². The third kappa shape index (κ3) is 4.76. The van der Waals surface area contributed by atoms with Crippen LogP contribution in [-0.4, -0.2) is 60.0 Å². The first-order valence-corrected chi connectivity index (χ1v) is 9.89. The van der Waals surface area contributed by atoms with Crippen LogP contribution in [0.5, 0.6) is 0 Å². The molecule has 3 rings (SSSR count).